The number of carbonyl (C=O) groups is 1. The van der Waals surface area contributed by atoms with Gasteiger partial charge in [-0.2, -0.15) is 0 Å². The molecule has 2 aliphatic rings. The Kier molecular flexibility index (Phi) is 3.52. The van der Waals surface area contributed by atoms with Crippen LogP contribution in [0.4, 0.5) is 0 Å². The molecular formula is C19H20N2O2. The number of aromatic nitrogens is 1. The van der Waals surface area contributed by atoms with Crippen molar-refractivity contribution < 1.29 is 9.53 Å². The maximum absolute atomic E-state index is 13.0. The molecule has 1 amide bonds. The summed E-state index contributed by atoms with van der Waals surface area (Å²) in [5, 5.41) is 0. The Balaban J connectivity index is 1.60. The molecule has 0 N–H and O–H groups in total. The monoisotopic (exact) mass is 308 g/mol. The quantitative estimate of drug-likeness (QED) is 0.872. The van der Waals surface area contributed by atoms with Crippen molar-refractivity contribution in [1.82, 2.24) is 9.88 Å². The summed E-state index contributed by atoms with van der Waals surface area (Å²) in [4.78, 5) is 19.4. The van der Waals surface area contributed by atoms with Gasteiger partial charge >= 0.3 is 0 Å². The summed E-state index contributed by atoms with van der Waals surface area (Å²) >= 11 is 0. The minimum atomic E-state index is 0.0317. The van der Waals surface area contributed by atoms with Crippen LogP contribution in [0, 0.1) is 0 Å². The van der Waals surface area contributed by atoms with Gasteiger partial charge in [0, 0.05) is 18.2 Å². The standard InChI is InChI=1S/C19H20N2O2/c1-23-18-8-4-7-17(20-18)19(22)21(15-9-10-15)16-11-13-5-2-3-6-14(13)12-16/h2-8,15-16H,9-12H2,1H3. The van der Waals surface area contributed by atoms with Crippen LogP contribution in [0.3, 0.4) is 0 Å². The lowest BCUT2D eigenvalue weighted by atomic mass is 10.1. The molecule has 1 aromatic carbocycles. The van der Waals surface area contributed by atoms with Gasteiger partial charge in [0.15, 0.2) is 0 Å². The SMILES string of the molecule is COc1cccc(C(=O)N(C2CC2)C2Cc3ccccc3C2)n1. The molecule has 23 heavy (non-hydrogen) atoms. The molecule has 4 rings (SSSR count). The number of rotatable bonds is 4. The zero-order valence-corrected chi connectivity index (χ0v) is 13.2. The number of hydrogen-bond donors (Lipinski definition) is 0. The number of carbonyl (C=O) groups excluding carboxylic acids is 1. The topological polar surface area (TPSA) is 42.4 Å². The number of hydrogen-bond acceptors (Lipinski definition) is 3. The van der Waals surface area contributed by atoms with Gasteiger partial charge in [0.05, 0.1) is 7.11 Å². The third-order valence-electron chi connectivity index (χ3n) is 4.75. The van der Waals surface area contributed by atoms with Gasteiger partial charge in [-0.25, -0.2) is 4.98 Å². The number of ether oxygens (including phenoxy) is 1. The fraction of sp³-hybridized carbons (Fsp3) is 0.368. The largest absolute Gasteiger partial charge is 0.481 e. The first-order valence-electron chi connectivity index (χ1n) is 8.17. The molecule has 0 saturated heterocycles. The fourth-order valence-electron chi connectivity index (χ4n) is 3.49. The van der Waals surface area contributed by atoms with Crippen molar-refractivity contribution in [1.29, 1.82) is 0 Å². The Hall–Kier alpha value is -2.36. The molecule has 1 aromatic heterocycles. The van der Waals surface area contributed by atoms with E-state index in [0.717, 1.165) is 25.7 Å². The molecule has 0 atom stereocenters. The maximum atomic E-state index is 13.0. The molecule has 0 radical (unpaired) electrons. The van der Waals surface area contributed by atoms with Crippen molar-refractivity contribution in [2.24, 2.45) is 0 Å². The van der Waals surface area contributed by atoms with Crippen LogP contribution in [-0.4, -0.2) is 35.0 Å². The normalized spacial score (nSPS) is 16.9. The molecule has 0 spiro atoms. The van der Waals surface area contributed by atoms with Crippen LogP contribution >= 0.6 is 0 Å². The number of methoxy groups -OCH3 is 1. The highest BCUT2D eigenvalue weighted by Gasteiger charge is 2.40. The van der Waals surface area contributed by atoms with Gasteiger partial charge in [-0.15, -0.1) is 0 Å². The Morgan fingerprint density at radius 1 is 1.04 bits per heavy atom. The van der Waals surface area contributed by atoms with E-state index in [0.29, 0.717) is 17.6 Å². The maximum Gasteiger partial charge on any atom is 0.273 e. The average Bonchev–Trinajstić information content (AvgIpc) is 3.32. The van der Waals surface area contributed by atoms with Crippen molar-refractivity contribution >= 4 is 5.91 Å². The lowest BCUT2D eigenvalue weighted by Gasteiger charge is -2.29. The minimum absolute atomic E-state index is 0.0317. The number of nitrogens with zero attached hydrogens (tertiary/aromatic N) is 2. The van der Waals surface area contributed by atoms with Crippen LogP contribution in [0.2, 0.25) is 0 Å². The lowest BCUT2D eigenvalue weighted by Crippen LogP contribution is -2.43. The second-order valence-corrected chi connectivity index (χ2v) is 6.34. The number of benzene rings is 1. The molecule has 4 nitrogen and oxygen atoms in total. The summed E-state index contributed by atoms with van der Waals surface area (Å²) in [7, 11) is 1.57. The molecule has 1 fully saturated rings. The van der Waals surface area contributed by atoms with Gasteiger partial charge < -0.3 is 9.64 Å². The van der Waals surface area contributed by atoms with Crippen molar-refractivity contribution in [3.05, 3.63) is 59.3 Å². The summed E-state index contributed by atoms with van der Waals surface area (Å²) in [5.41, 5.74) is 3.22. The summed E-state index contributed by atoms with van der Waals surface area (Å²) in [6.07, 6.45) is 4.09. The third kappa shape index (κ3) is 2.69. The van der Waals surface area contributed by atoms with E-state index in [9.17, 15) is 4.79 Å². The summed E-state index contributed by atoms with van der Waals surface area (Å²) < 4.78 is 5.16. The first-order chi connectivity index (χ1) is 11.3. The minimum Gasteiger partial charge on any atom is -0.481 e. The van der Waals surface area contributed by atoms with E-state index in [4.69, 9.17) is 4.74 Å². The van der Waals surface area contributed by atoms with Gasteiger partial charge in [-0.05, 0) is 42.9 Å². The summed E-state index contributed by atoms with van der Waals surface area (Å²) in [5.74, 6) is 0.519. The second-order valence-electron chi connectivity index (χ2n) is 6.34. The molecule has 2 aromatic rings. The van der Waals surface area contributed by atoms with Crippen LogP contribution in [0.1, 0.15) is 34.5 Å². The van der Waals surface area contributed by atoms with Crippen LogP contribution < -0.4 is 4.74 Å². The highest BCUT2D eigenvalue weighted by atomic mass is 16.5. The number of pyridine rings is 1. The van der Waals surface area contributed by atoms with Gasteiger partial charge in [0.1, 0.15) is 5.69 Å². The smallest absolute Gasteiger partial charge is 0.273 e. The third-order valence-corrected chi connectivity index (χ3v) is 4.75. The second kappa shape index (κ2) is 5.69. The highest BCUT2D eigenvalue weighted by molar-refractivity contribution is 5.93. The highest BCUT2D eigenvalue weighted by Crippen LogP contribution is 2.35. The summed E-state index contributed by atoms with van der Waals surface area (Å²) in [6, 6.07) is 14.5. The lowest BCUT2D eigenvalue weighted by molar-refractivity contribution is 0.0660. The Morgan fingerprint density at radius 2 is 1.74 bits per heavy atom. The molecule has 118 valence electrons. The molecule has 0 aliphatic heterocycles. The van der Waals surface area contributed by atoms with Crippen molar-refractivity contribution in [2.75, 3.05) is 7.11 Å². The van der Waals surface area contributed by atoms with E-state index in [1.165, 1.54) is 11.1 Å². The van der Waals surface area contributed by atoms with Crippen molar-refractivity contribution in [2.45, 2.75) is 37.8 Å². The molecule has 1 heterocycles. The molecular weight excluding hydrogens is 288 g/mol. The van der Waals surface area contributed by atoms with E-state index < -0.39 is 0 Å². The average molecular weight is 308 g/mol. The van der Waals surface area contributed by atoms with E-state index >= 15 is 0 Å². The predicted molar refractivity (Wildman–Crippen MR) is 87.6 cm³/mol. The molecule has 2 aliphatic carbocycles. The Morgan fingerprint density at radius 3 is 2.35 bits per heavy atom. The molecule has 1 saturated carbocycles. The fourth-order valence-corrected chi connectivity index (χ4v) is 3.49. The zero-order valence-electron chi connectivity index (χ0n) is 13.2. The van der Waals surface area contributed by atoms with Crippen LogP contribution in [0.25, 0.3) is 0 Å². The Bertz CT molecular complexity index is 715. The van der Waals surface area contributed by atoms with Gasteiger partial charge in [-0.1, -0.05) is 30.3 Å². The van der Waals surface area contributed by atoms with Gasteiger partial charge in [0.25, 0.3) is 5.91 Å². The van der Waals surface area contributed by atoms with Gasteiger partial charge in [0.2, 0.25) is 5.88 Å². The van der Waals surface area contributed by atoms with E-state index in [1.807, 2.05) is 6.07 Å². The van der Waals surface area contributed by atoms with Crippen LogP contribution in [0.5, 0.6) is 5.88 Å². The van der Waals surface area contributed by atoms with E-state index in [1.54, 1.807) is 19.2 Å². The first kappa shape index (κ1) is 14.2. The first-order valence-corrected chi connectivity index (χ1v) is 8.17. The van der Waals surface area contributed by atoms with Crippen LogP contribution in [-0.2, 0) is 12.8 Å². The zero-order chi connectivity index (χ0) is 15.8. The number of amides is 1. The number of fused-ring (bicyclic) bond motifs is 1. The van der Waals surface area contributed by atoms with E-state index in [-0.39, 0.29) is 11.9 Å². The van der Waals surface area contributed by atoms with E-state index in [2.05, 4.69) is 34.1 Å². The van der Waals surface area contributed by atoms with Gasteiger partial charge in [-0.3, -0.25) is 4.79 Å². The predicted octanol–water partition coefficient (Wildman–Crippen LogP) is 2.86. The molecule has 0 unspecified atom stereocenters. The molecule has 4 heteroatoms. The Labute approximate surface area is 136 Å². The molecule has 0 bridgehead atoms. The van der Waals surface area contributed by atoms with Crippen molar-refractivity contribution in [3.63, 3.8) is 0 Å². The summed E-state index contributed by atoms with van der Waals surface area (Å²) in [6.45, 7) is 0. The van der Waals surface area contributed by atoms with Crippen molar-refractivity contribution in [3.8, 4) is 5.88 Å². The van der Waals surface area contributed by atoms with Crippen LogP contribution in [0.15, 0.2) is 42.5 Å².